The van der Waals surface area contributed by atoms with E-state index in [2.05, 4.69) is 36.1 Å². The topological polar surface area (TPSA) is 38.5 Å². The second kappa shape index (κ2) is 7.63. The van der Waals surface area contributed by atoms with Crippen LogP contribution in [-0.2, 0) is 11.2 Å². The minimum Gasteiger partial charge on any atom is -0.379 e. The van der Waals surface area contributed by atoms with Gasteiger partial charge in [0, 0.05) is 25.7 Å². The van der Waals surface area contributed by atoms with Crippen molar-refractivity contribution in [3.63, 3.8) is 0 Å². The Labute approximate surface area is 116 Å². The highest BCUT2D eigenvalue weighted by molar-refractivity contribution is 5.25. The number of hydrogen-bond acceptors (Lipinski definition) is 3. The van der Waals surface area contributed by atoms with Gasteiger partial charge in [0.25, 0.3) is 0 Å². The number of nitrogens with two attached hydrogens (primary N) is 1. The second-order valence-electron chi connectivity index (χ2n) is 5.36. The first-order valence-electron chi connectivity index (χ1n) is 7.44. The Morgan fingerprint density at radius 2 is 1.89 bits per heavy atom. The molecule has 1 aromatic rings. The van der Waals surface area contributed by atoms with Crippen molar-refractivity contribution in [2.75, 3.05) is 32.8 Å². The summed E-state index contributed by atoms with van der Waals surface area (Å²) in [4.78, 5) is 2.39. The third kappa shape index (κ3) is 4.60. The Bertz CT molecular complexity index is 358. The van der Waals surface area contributed by atoms with Crippen LogP contribution in [0.4, 0.5) is 0 Å². The lowest BCUT2D eigenvalue weighted by Gasteiger charge is -2.29. The number of hydrogen-bond donors (Lipinski definition) is 1. The molecule has 3 nitrogen and oxygen atoms in total. The molecule has 1 saturated heterocycles. The van der Waals surface area contributed by atoms with Gasteiger partial charge in [-0.15, -0.1) is 0 Å². The summed E-state index contributed by atoms with van der Waals surface area (Å²) in [6.45, 7) is 6.83. The maximum Gasteiger partial charge on any atom is 0.0594 e. The fraction of sp³-hybridized carbons (Fsp3) is 0.625. The number of rotatable bonds is 6. The minimum atomic E-state index is 0.110. The van der Waals surface area contributed by atoms with Crippen LogP contribution in [0, 0.1) is 0 Å². The van der Waals surface area contributed by atoms with E-state index in [1.165, 1.54) is 30.4 Å². The summed E-state index contributed by atoms with van der Waals surface area (Å²) >= 11 is 0. The number of nitrogens with zero attached hydrogens (tertiary/aromatic N) is 1. The SMILES string of the molecule is CCCCc1ccc(C(N)CN2CCOCC2)cc1. The molecule has 1 atom stereocenters. The van der Waals surface area contributed by atoms with E-state index in [1.807, 2.05) is 0 Å². The van der Waals surface area contributed by atoms with Crippen LogP contribution in [-0.4, -0.2) is 37.7 Å². The molecule has 1 aromatic carbocycles. The molecule has 2 N–H and O–H groups in total. The lowest BCUT2D eigenvalue weighted by atomic mass is 10.0. The molecule has 0 aromatic heterocycles. The third-order valence-corrected chi connectivity index (χ3v) is 3.79. The average Bonchev–Trinajstić information content (AvgIpc) is 2.46. The zero-order valence-corrected chi connectivity index (χ0v) is 12.0. The lowest BCUT2D eigenvalue weighted by molar-refractivity contribution is 0.0352. The molecule has 2 rings (SSSR count). The Morgan fingerprint density at radius 3 is 2.53 bits per heavy atom. The van der Waals surface area contributed by atoms with E-state index in [0.717, 1.165) is 32.8 Å². The van der Waals surface area contributed by atoms with Crippen molar-refractivity contribution in [3.05, 3.63) is 35.4 Å². The number of aryl methyl sites for hydroxylation is 1. The van der Waals surface area contributed by atoms with E-state index < -0.39 is 0 Å². The fourth-order valence-corrected chi connectivity index (χ4v) is 2.48. The van der Waals surface area contributed by atoms with Crippen molar-refractivity contribution in [1.82, 2.24) is 4.90 Å². The molecule has 19 heavy (non-hydrogen) atoms. The van der Waals surface area contributed by atoms with E-state index >= 15 is 0 Å². The van der Waals surface area contributed by atoms with Crippen LogP contribution in [0.15, 0.2) is 24.3 Å². The van der Waals surface area contributed by atoms with Gasteiger partial charge in [0.05, 0.1) is 13.2 Å². The zero-order chi connectivity index (χ0) is 13.5. The van der Waals surface area contributed by atoms with E-state index in [4.69, 9.17) is 10.5 Å². The summed E-state index contributed by atoms with van der Waals surface area (Å²) in [6, 6.07) is 8.94. The monoisotopic (exact) mass is 262 g/mol. The predicted octanol–water partition coefficient (Wildman–Crippen LogP) is 2.36. The maximum atomic E-state index is 6.29. The molecular weight excluding hydrogens is 236 g/mol. The molecule has 1 unspecified atom stereocenters. The van der Waals surface area contributed by atoms with Crippen LogP contribution in [0.3, 0.4) is 0 Å². The van der Waals surface area contributed by atoms with Gasteiger partial charge in [0.1, 0.15) is 0 Å². The first kappa shape index (κ1) is 14.5. The van der Waals surface area contributed by atoms with E-state index in [-0.39, 0.29) is 6.04 Å². The Hall–Kier alpha value is -0.900. The Morgan fingerprint density at radius 1 is 1.21 bits per heavy atom. The van der Waals surface area contributed by atoms with Gasteiger partial charge in [0.2, 0.25) is 0 Å². The van der Waals surface area contributed by atoms with Gasteiger partial charge < -0.3 is 10.5 Å². The lowest BCUT2D eigenvalue weighted by Crippen LogP contribution is -2.40. The summed E-state index contributed by atoms with van der Waals surface area (Å²) in [6.07, 6.45) is 3.69. The fourth-order valence-electron chi connectivity index (χ4n) is 2.48. The van der Waals surface area contributed by atoms with Gasteiger partial charge in [0.15, 0.2) is 0 Å². The van der Waals surface area contributed by atoms with Crippen molar-refractivity contribution >= 4 is 0 Å². The standard InChI is InChI=1S/C16H26N2O/c1-2-3-4-14-5-7-15(8-6-14)16(17)13-18-9-11-19-12-10-18/h5-8,16H,2-4,9-13,17H2,1H3. The van der Waals surface area contributed by atoms with Crippen LogP contribution in [0.5, 0.6) is 0 Å². The molecule has 0 saturated carbocycles. The normalized spacial score (nSPS) is 18.4. The summed E-state index contributed by atoms with van der Waals surface area (Å²) in [5.74, 6) is 0. The second-order valence-corrected chi connectivity index (χ2v) is 5.36. The Kier molecular flexibility index (Phi) is 5.83. The van der Waals surface area contributed by atoms with Crippen LogP contribution >= 0.6 is 0 Å². The summed E-state index contributed by atoms with van der Waals surface area (Å²) in [7, 11) is 0. The highest BCUT2D eigenvalue weighted by Gasteiger charge is 2.15. The largest absolute Gasteiger partial charge is 0.379 e. The molecule has 0 aliphatic carbocycles. The molecule has 1 aliphatic rings. The van der Waals surface area contributed by atoms with Gasteiger partial charge in [-0.1, -0.05) is 37.6 Å². The van der Waals surface area contributed by atoms with Gasteiger partial charge in [-0.05, 0) is 24.0 Å². The number of benzene rings is 1. The highest BCUT2D eigenvalue weighted by Crippen LogP contribution is 2.15. The van der Waals surface area contributed by atoms with E-state index in [1.54, 1.807) is 0 Å². The Balaban J connectivity index is 1.85. The molecule has 3 heteroatoms. The van der Waals surface area contributed by atoms with Crippen molar-refractivity contribution < 1.29 is 4.74 Å². The van der Waals surface area contributed by atoms with Crippen LogP contribution in [0.1, 0.15) is 36.9 Å². The third-order valence-electron chi connectivity index (χ3n) is 3.79. The molecule has 0 spiro atoms. The zero-order valence-electron chi connectivity index (χ0n) is 12.0. The number of ether oxygens (including phenoxy) is 1. The van der Waals surface area contributed by atoms with Crippen LogP contribution in [0.25, 0.3) is 0 Å². The van der Waals surface area contributed by atoms with Gasteiger partial charge in [-0.2, -0.15) is 0 Å². The van der Waals surface area contributed by atoms with Crippen molar-refractivity contribution in [3.8, 4) is 0 Å². The quantitative estimate of drug-likeness (QED) is 0.855. The van der Waals surface area contributed by atoms with Gasteiger partial charge in [-0.3, -0.25) is 4.90 Å². The number of unbranched alkanes of at least 4 members (excludes halogenated alkanes) is 1. The van der Waals surface area contributed by atoms with Crippen molar-refractivity contribution in [2.45, 2.75) is 32.2 Å². The molecule has 1 fully saturated rings. The molecule has 0 amide bonds. The molecule has 106 valence electrons. The smallest absolute Gasteiger partial charge is 0.0594 e. The van der Waals surface area contributed by atoms with Gasteiger partial charge >= 0.3 is 0 Å². The average molecular weight is 262 g/mol. The van der Waals surface area contributed by atoms with Crippen molar-refractivity contribution in [1.29, 1.82) is 0 Å². The highest BCUT2D eigenvalue weighted by atomic mass is 16.5. The molecule has 0 bridgehead atoms. The number of morpholine rings is 1. The molecule has 0 radical (unpaired) electrons. The summed E-state index contributed by atoms with van der Waals surface area (Å²) < 4.78 is 5.36. The van der Waals surface area contributed by atoms with E-state index in [0.29, 0.717) is 0 Å². The molecular formula is C16H26N2O. The van der Waals surface area contributed by atoms with Crippen LogP contribution in [0.2, 0.25) is 0 Å². The summed E-state index contributed by atoms with van der Waals surface area (Å²) in [5, 5.41) is 0. The molecule has 1 heterocycles. The minimum absolute atomic E-state index is 0.110. The van der Waals surface area contributed by atoms with Crippen molar-refractivity contribution in [2.24, 2.45) is 5.73 Å². The summed E-state index contributed by atoms with van der Waals surface area (Å²) in [5.41, 5.74) is 8.96. The van der Waals surface area contributed by atoms with E-state index in [9.17, 15) is 0 Å². The first-order chi connectivity index (χ1) is 9.29. The van der Waals surface area contributed by atoms with Crippen LogP contribution < -0.4 is 5.73 Å². The molecule has 1 aliphatic heterocycles. The first-order valence-corrected chi connectivity index (χ1v) is 7.44. The maximum absolute atomic E-state index is 6.29. The van der Waals surface area contributed by atoms with Gasteiger partial charge in [-0.25, -0.2) is 0 Å². The predicted molar refractivity (Wildman–Crippen MR) is 79.2 cm³/mol.